The summed E-state index contributed by atoms with van der Waals surface area (Å²) in [6.07, 6.45) is 2.91. The number of nitrogen functional groups attached to an aromatic ring is 1. The van der Waals surface area contributed by atoms with Gasteiger partial charge >= 0.3 is 0 Å². The van der Waals surface area contributed by atoms with E-state index in [0.717, 1.165) is 11.1 Å². The van der Waals surface area contributed by atoms with E-state index in [4.69, 9.17) is 16.2 Å². The molecule has 0 aliphatic heterocycles. The summed E-state index contributed by atoms with van der Waals surface area (Å²) in [6.45, 7) is 2.50. The molecule has 0 unspecified atom stereocenters. The van der Waals surface area contributed by atoms with Crippen LogP contribution < -0.4 is 16.2 Å². The van der Waals surface area contributed by atoms with Crippen LogP contribution in [0.2, 0.25) is 0 Å². The Kier molecular flexibility index (Phi) is 4.61. The molecule has 0 aromatic heterocycles. The molecular formula is C17H18N2O2. The summed E-state index contributed by atoms with van der Waals surface area (Å²) in [5.41, 5.74) is 14.6. The number of benzene rings is 2. The molecule has 2 aromatic carbocycles. The van der Waals surface area contributed by atoms with Crippen LogP contribution >= 0.6 is 0 Å². The van der Waals surface area contributed by atoms with E-state index in [2.05, 4.69) is 0 Å². The Labute approximate surface area is 124 Å². The van der Waals surface area contributed by atoms with Crippen LogP contribution in [0.5, 0.6) is 5.75 Å². The van der Waals surface area contributed by atoms with Crippen molar-refractivity contribution in [3.63, 3.8) is 0 Å². The van der Waals surface area contributed by atoms with E-state index in [1.54, 1.807) is 18.2 Å². The topological polar surface area (TPSA) is 78.3 Å². The molecule has 2 rings (SSSR count). The zero-order chi connectivity index (χ0) is 15.2. The summed E-state index contributed by atoms with van der Waals surface area (Å²) in [7, 11) is 0. The maximum atomic E-state index is 10.7. The summed E-state index contributed by atoms with van der Waals surface area (Å²) >= 11 is 0. The van der Waals surface area contributed by atoms with Gasteiger partial charge in [0.15, 0.2) is 0 Å². The fourth-order valence-corrected chi connectivity index (χ4v) is 1.83. The van der Waals surface area contributed by atoms with Crippen molar-refractivity contribution in [3.8, 4) is 5.75 Å². The maximum Gasteiger partial charge on any atom is 0.241 e. The lowest BCUT2D eigenvalue weighted by atomic mass is 10.1. The van der Waals surface area contributed by atoms with E-state index >= 15 is 0 Å². The van der Waals surface area contributed by atoms with Crippen molar-refractivity contribution in [2.24, 2.45) is 5.73 Å². The SMILES string of the molecule is Cc1ccc(COc2ccc(/C=C\C(N)=O)cc2N)cc1. The molecule has 4 nitrogen and oxygen atoms in total. The fraction of sp³-hybridized carbons (Fsp3) is 0.118. The molecule has 0 spiro atoms. The third-order valence-corrected chi connectivity index (χ3v) is 2.99. The highest BCUT2D eigenvalue weighted by Crippen LogP contribution is 2.24. The van der Waals surface area contributed by atoms with Crippen molar-refractivity contribution in [3.05, 3.63) is 65.2 Å². The number of carbonyl (C=O) groups excluding carboxylic acids is 1. The van der Waals surface area contributed by atoms with Gasteiger partial charge in [0.2, 0.25) is 5.91 Å². The largest absolute Gasteiger partial charge is 0.487 e. The lowest BCUT2D eigenvalue weighted by Crippen LogP contribution is -2.05. The van der Waals surface area contributed by atoms with Gasteiger partial charge in [0.1, 0.15) is 12.4 Å². The normalized spacial score (nSPS) is 10.7. The number of hydrogen-bond acceptors (Lipinski definition) is 3. The molecule has 4 N–H and O–H groups in total. The molecular weight excluding hydrogens is 264 g/mol. The fourth-order valence-electron chi connectivity index (χ4n) is 1.83. The van der Waals surface area contributed by atoms with Crippen LogP contribution in [0.4, 0.5) is 5.69 Å². The Morgan fingerprint density at radius 2 is 1.90 bits per heavy atom. The first-order valence-corrected chi connectivity index (χ1v) is 6.60. The van der Waals surface area contributed by atoms with E-state index in [1.807, 2.05) is 37.3 Å². The minimum absolute atomic E-state index is 0.459. The average molecular weight is 282 g/mol. The zero-order valence-electron chi connectivity index (χ0n) is 11.9. The molecule has 0 saturated heterocycles. The number of anilines is 1. The van der Waals surface area contributed by atoms with Crippen LogP contribution in [0.25, 0.3) is 6.08 Å². The molecule has 21 heavy (non-hydrogen) atoms. The Morgan fingerprint density at radius 1 is 1.19 bits per heavy atom. The quantitative estimate of drug-likeness (QED) is 0.653. The zero-order valence-corrected chi connectivity index (χ0v) is 11.9. The highest BCUT2D eigenvalue weighted by Gasteiger charge is 2.02. The van der Waals surface area contributed by atoms with Crippen LogP contribution in [-0.2, 0) is 11.4 Å². The number of carbonyl (C=O) groups is 1. The Bertz CT molecular complexity index is 661. The lowest BCUT2D eigenvalue weighted by molar-refractivity contribution is -0.113. The molecule has 0 fully saturated rings. The van der Waals surface area contributed by atoms with Gasteiger partial charge in [-0.3, -0.25) is 4.79 Å². The van der Waals surface area contributed by atoms with Crippen molar-refractivity contribution in [2.75, 3.05) is 5.73 Å². The standard InChI is InChI=1S/C17H18N2O2/c1-12-2-4-14(5-3-12)11-21-16-8-6-13(10-15(16)18)7-9-17(19)20/h2-10H,11,18H2,1H3,(H2,19,20)/b9-7-. The first-order valence-electron chi connectivity index (χ1n) is 6.60. The first-order chi connectivity index (χ1) is 10.0. The molecule has 0 aliphatic carbocycles. The molecule has 2 aromatic rings. The summed E-state index contributed by atoms with van der Waals surface area (Å²) in [5.74, 6) is 0.125. The number of ether oxygens (including phenoxy) is 1. The molecule has 0 radical (unpaired) electrons. The van der Waals surface area contributed by atoms with Crippen LogP contribution in [-0.4, -0.2) is 5.91 Å². The van der Waals surface area contributed by atoms with E-state index in [-0.39, 0.29) is 0 Å². The second-order valence-corrected chi connectivity index (χ2v) is 4.81. The molecule has 0 atom stereocenters. The van der Waals surface area contributed by atoms with Gasteiger partial charge in [-0.25, -0.2) is 0 Å². The van der Waals surface area contributed by atoms with Gasteiger partial charge in [-0.15, -0.1) is 0 Å². The Morgan fingerprint density at radius 3 is 2.52 bits per heavy atom. The molecule has 0 bridgehead atoms. The lowest BCUT2D eigenvalue weighted by Gasteiger charge is -2.09. The van der Waals surface area contributed by atoms with E-state index < -0.39 is 5.91 Å². The van der Waals surface area contributed by atoms with E-state index in [1.165, 1.54) is 11.6 Å². The van der Waals surface area contributed by atoms with Crippen LogP contribution in [0.1, 0.15) is 16.7 Å². The number of nitrogens with two attached hydrogens (primary N) is 2. The number of rotatable bonds is 5. The molecule has 1 amide bonds. The smallest absolute Gasteiger partial charge is 0.241 e. The van der Waals surface area contributed by atoms with Crippen LogP contribution in [0, 0.1) is 6.92 Å². The Hall–Kier alpha value is -2.75. The highest BCUT2D eigenvalue weighted by atomic mass is 16.5. The maximum absolute atomic E-state index is 10.7. The molecule has 108 valence electrons. The summed E-state index contributed by atoms with van der Waals surface area (Å²) < 4.78 is 5.70. The summed E-state index contributed by atoms with van der Waals surface area (Å²) in [4.78, 5) is 10.7. The Balaban J connectivity index is 2.04. The van der Waals surface area contributed by atoms with Gasteiger partial charge in [-0.2, -0.15) is 0 Å². The third kappa shape index (κ3) is 4.38. The van der Waals surface area contributed by atoms with Gasteiger partial charge in [0.25, 0.3) is 0 Å². The highest BCUT2D eigenvalue weighted by molar-refractivity contribution is 5.90. The van der Waals surface area contributed by atoms with Gasteiger partial charge < -0.3 is 16.2 Å². The monoisotopic (exact) mass is 282 g/mol. The van der Waals surface area contributed by atoms with Gasteiger partial charge in [0.05, 0.1) is 5.69 Å². The van der Waals surface area contributed by atoms with E-state index in [0.29, 0.717) is 18.0 Å². The van der Waals surface area contributed by atoms with Crippen molar-refractivity contribution in [1.29, 1.82) is 0 Å². The van der Waals surface area contributed by atoms with Gasteiger partial charge in [-0.1, -0.05) is 35.9 Å². The predicted molar refractivity (Wildman–Crippen MR) is 84.6 cm³/mol. The van der Waals surface area contributed by atoms with Gasteiger partial charge in [-0.05, 0) is 36.3 Å². The van der Waals surface area contributed by atoms with Gasteiger partial charge in [0, 0.05) is 6.08 Å². The van der Waals surface area contributed by atoms with Crippen molar-refractivity contribution < 1.29 is 9.53 Å². The second-order valence-electron chi connectivity index (χ2n) is 4.81. The van der Waals surface area contributed by atoms with Crippen LogP contribution in [0.3, 0.4) is 0 Å². The molecule has 0 saturated carbocycles. The third-order valence-electron chi connectivity index (χ3n) is 2.99. The van der Waals surface area contributed by atoms with Crippen LogP contribution in [0.15, 0.2) is 48.5 Å². The minimum Gasteiger partial charge on any atom is -0.487 e. The summed E-state index contributed by atoms with van der Waals surface area (Å²) in [5, 5.41) is 0. The predicted octanol–water partition coefficient (Wildman–Crippen LogP) is 2.65. The number of aryl methyl sites for hydroxylation is 1. The molecule has 4 heteroatoms. The average Bonchev–Trinajstić information content (AvgIpc) is 2.46. The first kappa shape index (κ1) is 14.7. The summed E-state index contributed by atoms with van der Waals surface area (Å²) in [6, 6.07) is 13.5. The number of primary amides is 1. The van der Waals surface area contributed by atoms with Crippen molar-refractivity contribution >= 4 is 17.7 Å². The van der Waals surface area contributed by atoms with Crippen molar-refractivity contribution in [1.82, 2.24) is 0 Å². The number of amides is 1. The van der Waals surface area contributed by atoms with E-state index in [9.17, 15) is 4.79 Å². The molecule has 0 aliphatic rings. The molecule has 0 heterocycles. The second kappa shape index (κ2) is 6.61. The van der Waals surface area contributed by atoms with Crippen molar-refractivity contribution in [2.45, 2.75) is 13.5 Å². The number of hydrogen-bond donors (Lipinski definition) is 2. The minimum atomic E-state index is -0.492.